The predicted molar refractivity (Wildman–Crippen MR) is 121 cm³/mol. The summed E-state index contributed by atoms with van der Waals surface area (Å²) in [6, 6.07) is 10.6. The quantitative estimate of drug-likeness (QED) is 0.455. The van der Waals surface area contributed by atoms with Gasteiger partial charge in [-0.2, -0.15) is 0 Å². The minimum Gasteiger partial charge on any atom is -0.442 e. The average Bonchev–Trinajstić information content (AvgIpc) is 3.17. The number of para-hydroxylation sites is 1. The van der Waals surface area contributed by atoms with Crippen LogP contribution in [-0.4, -0.2) is 32.6 Å². The van der Waals surface area contributed by atoms with Crippen molar-refractivity contribution < 1.29 is 19.4 Å². The lowest BCUT2D eigenvalue weighted by atomic mass is 9.84. The summed E-state index contributed by atoms with van der Waals surface area (Å²) in [7, 11) is 0. The number of aliphatic hydroxyl groups excluding tert-OH is 1. The van der Waals surface area contributed by atoms with Crippen LogP contribution in [-0.2, 0) is 33.1 Å². The summed E-state index contributed by atoms with van der Waals surface area (Å²) in [6.45, 7) is 3.38. The third-order valence-electron chi connectivity index (χ3n) is 6.67. The number of morpholine rings is 1. The Morgan fingerprint density at radius 2 is 2.00 bits per heavy atom. The van der Waals surface area contributed by atoms with Crippen LogP contribution in [0.25, 0.3) is 22.3 Å². The second kappa shape index (κ2) is 7.81. The number of aliphatic hydroxyl groups is 1. The Hall–Kier alpha value is -3.52. The Labute approximate surface area is 190 Å². The number of hydrogen-bond donors (Lipinski definition) is 2. The number of carbonyl (C=O) groups excluding carboxylic acids is 2. The predicted octanol–water partition coefficient (Wildman–Crippen LogP) is 2.36. The number of nitrogens with zero attached hydrogens (tertiary/aromatic N) is 2. The number of cyclic esters (lactones) is 1. The van der Waals surface area contributed by atoms with Gasteiger partial charge in [0.05, 0.1) is 35.6 Å². The first-order valence-corrected chi connectivity index (χ1v) is 11.2. The minimum absolute atomic E-state index is 0.0508. The molecule has 2 aliphatic heterocycles. The van der Waals surface area contributed by atoms with Crippen molar-refractivity contribution in [3.05, 3.63) is 63.4 Å². The van der Waals surface area contributed by atoms with E-state index in [1.165, 1.54) is 0 Å². The van der Waals surface area contributed by atoms with Crippen LogP contribution in [0, 0.1) is 0 Å². The van der Waals surface area contributed by atoms with Crippen molar-refractivity contribution in [1.29, 1.82) is 0 Å². The molecule has 4 heterocycles. The van der Waals surface area contributed by atoms with E-state index in [2.05, 4.69) is 5.32 Å². The van der Waals surface area contributed by atoms with Gasteiger partial charge in [-0.25, -0.2) is 9.78 Å². The largest absolute Gasteiger partial charge is 0.442 e. The third kappa shape index (κ3) is 3.08. The first-order valence-electron chi connectivity index (χ1n) is 11.2. The van der Waals surface area contributed by atoms with Gasteiger partial charge in [0.2, 0.25) is 5.60 Å². The molecule has 0 radical (unpaired) electrons. The highest BCUT2D eigenvalue weighted by atomic mass is 16.6. The van der Waals surface area contributed by atoms with Crippen LogP contribution in [0.5, 0.6) is 0 Å². The number of esters is 1. The van der Waals surface area contributed by atoms with Crippen molar-refractivity contribution in [3.63, 3.8) is 0 Å². The SMILES string of the molecule is CCC[C@@H]1NC(=O)[C@](CC)(c2cc3n(c(=O)c2CO)Cc2cc4ccccc4nc2-3)OC1=O. The van der Waals surface area contributed by atoms with Gasteiger partial charge in [0.15, 0.2) is 0 Å². The summed E-state index contributed by atoms with van der Waals surface area (Å²) in [5.74, 6) is -1.01. The molecular weight excluding hydrogens is 422 g/mol. The van der Waals surface area contributed by atoms with Crippen LogP contribution in [0.2, 0.25) is 0 Å². The molecule has 5 rings (SSSR count). The summed E-state index contributed by atoms with van der Waals surface area (Å²) in [4.78, 5) is 44.2. The molecule has 2 aromatic heterocycles. The van der Waals surface area contributed by atoms with E-state index in [0.29, 0.717) is 30.8 Å². The Bertz CT molecular complexity index is 1360. The van der Waals surface area contributed by atoms with Crippen molar-refractivity contribution in [3.8, 4) is 11.4 Å². The van der Waals surface area contributed by atoms with Gasteiger partial charge in [0.25, 0.3) is 11.5 Å². The van der Waals surface area contributed by atoms with Crippen molar-refractivity contribution in [2.75, 3.05) is 0 Å². The number of rotatable bonds is 5. The van der Waals surface area contributed by atoms with E-state index in [1.54, 1.807) is 17.6 Å². The number of amides is 1. The highest BCUT2D eigenvalue weighted by molar-refractivity contribution is 5.97. The average molecular weight is 447 g/mol. The molecule has 0 aliphatic carbocycles. The molecule has 3 aromatic rings. The van der Waals surface area contributed by atoms with Crippen LogP contribution in [0.15, 0.2) is 41.2 Å². The molecule has 8 nitrogen and oxygen atoms in total. The number of aromatic nitrogens is 2. The molecule has 1 aromatic carbocycles. The van der Waals surface area contributed by atoms with Crippen LogP contribution < -0.4 is 10.9 Å². The zero-order chi connectivity index (χ0) is 23.3. The molecule has 0 unspecified atom stereocenters. The molecular formula is C25H25N3O5. The lowest BCUT2D eigenvalue weighted by molar-refractivity contribution is -0.182. The van der Waals surface area contributed by atoms with E-state index < -0.39 is 35.7 Å². The maximum atomic E-state index is 13.4. The van der Waals surface area contributed by atoms with E-state index >= 15 is 0 Å². The molecule has 0 spiro atoms. The van der Waals surface area contributed by atoms with E-state index in [1.807, 2.05) is 37.3 Å². The molecule has 1 amide bonds. The molecule has 1 fully saturated rings. The van der Waals surface area contributed by atoms with Crippen LogP contribution in [0.3, 0.4) is 0 Å². The monoisotopic (exact) mass is 447 g/mol. The fourth-order valence-corrected chi connectivity index (χ4v) is 4.93. The highest BCUT2D eigenvalue weighted by Crippen LogP contribution is 2.39. The van der Waals surface area contributed by atoms with Crippen molar-refractivity contribution in [2.45, 2.75) is 57.9 Å². The molecule has 170 valence electrons. The number of fused-ring (bicyclic) bond motifs is 4. The van der Waals surface area contributed by atoms with Gasteiger partial charge >= 0.3 is 5.97 Å². The molecule has 0 saturated carbocycles. The number of carbonyl (C=O) groups is 2. The Morgan fingerprint density at radius 1 is 1.21 bits per heavy atom. The fraction of sp³-hybridized carbons (Fsp3) is 0.360. The normalized spacial score (nSPS) is 21.5. The number of hydrogen-bond acceptors (Lipinski definition) is 6. The van der Waals surface area contributed by atoms with Gasteiger partial charge < -0.3 is 19.7 Å². The van der Waals surface area contributed by atoms with Crippen LogP contribution in [0.1, 0.15) is 49.8 Å². The summed E-state index contributed by atoms with van der Waals surface area (Å²) >= 11 is 0. The zero-order valence-electron chi connectivity index (χ0n) is 18.6. The smallest absolute Gasteiger partial charge is 0.330 e. The molecule has 33 heavy (non-hydrogen) atoms. The van der Waals surface area contributed by atoms with Gasteiger partial charge in [-0.1, -0.05) is 38.5 Å². The number of ether oxygens (including phenoxy) is 1. The maximum absolute atomic E-state index is 13.4. The molecule has 2 atom stereocenters. The standard InChI is InChI=1S/C25H25N3O5/c1-3-7-19-23(31)33-25(4-2,24(32)27-19)17-11-20-21-15(12-28(20)22(30)16(17)13-29)10-14-8-5-6-9-18(14)26-21/h5-6,8-11,19,29H,3-4,7,12-13H2,1-2H3,(H,27,32)/t19-,25-/m0/s1. The number of nitrogens with one attached hydrogen (secondary N) is 1. The maximum Gasteiger partial charge on any atom is 0.330 e. The lowest BCUT2D eigenvalue weighted by Crippen LogP contribution is -2.60. The molecule has 8 heteroatoms. The lowest BCUT2D eigenvalue weighted by Gasteiger charge is -2.39. The first-order chi connectivity index (χ1) is 15.9. The Balaban J connectivity index is 1.71. The van der Waals surface area contributed by atoms with Gasteiger partial charge in [-0.05, 0) is 31.0 Å². The topological polar surface area (TPSA) is 111 Å². The third-order valence-corrected chi connectivity index (χ3v) is 6.67. The van der Waals surface area contributed by atoms with Gasteiger partial charge in [0.1, 0.15) is 6.04 Å². The van der Waals surface area contributed by atoms with E-state index in [0.717, 1.165) is 16.5 Å². The van der Waals surface area contributed by atoms with Gasteiger partial charge in [-0.3, -0.25) is 9.59 Å². The van der Waals surface area contributed by atoms with Crippen molar-refractivity contribution in [2.24, 2.45) is 0 Å². The summed E-state index contributed by atoms with van der Waals surface area (Å²) in [6.07, 6.45) is 1.30. The fourth-order valence-electron chi connectivity index (χ4n) is 4.93. The highest BCUT2D eigenvalue weighted by Gasteiger charge is 2.51. The van der Waals surface area contributed by atoms with Crippen molar-refractivity contribution in [1.82, 2.24) is 14.9 Å². The summed E-state index contributed by atoms with van der Waals surface area (Å²) < 4.78 is 7.32. The van der Waals surface area contributed by atoms with Crippen LogP contribution >= 0.6 is 0 Å². The van der Waals surface area contributed by atoms with E-state index in [4.69, 9.17) is 9.72 Å². The van der Waals surface area contributed by atoms with Gasteiger partial charge in [0, 0.05) is 16.5 Å². The number of benzene rings is 1. The first kappa shape index (κ1) is 21.3. The minimum atomic E-state index is -1.69. The zero-order valence-corrected chi connectivity index (χ0v) is 18.6. The molecule has 2 N–H and O–H groups in total. The summed E-state index contributed by atoms with van der Waals surface area (Å²) in [5.41, 5.74) is 1.02. The van der Waals surface area contributed by atoms with E-state index in [-0.39, 0.29) is 17.5 Å². The van der Waals surface area contributed by atoms with E-state index in [9.17, 15) is 19.5 Å². The van der Waals surface area contributed by atoms with Crippen molar-refractivity contribution >= 4 is 22.8 Å². The molecule has 0 bridgehead atoms. The summed E-state index contributed by atoms with van der Waals surface area (Å²) in [5, 5.41) is 13.9. The second-order valence-corrected chi connectivity index (χ2v) is 8.58. The van der Waals surface area contributed by atoms with Gasteiger partial charge in [-0.15, -0.1) is 0 Å². The number of pyridine rings is 2. The Kier molecular flexibility index (Phi) is 5.05. The van der Waals surface area contributed by atoms with Crippen LogP contribution in [0.4, 0.5) is 0 Å². The molecule has 2 aliphatic rings. The molecule has 1 saturated heterocycles. The second-order valence-electron chi connectivity index (χ2n) is 8.58. The Morgan fingerprint density at radius 3 is 2.73 bits per heavy atom.